The third kappa shape index (κ3) is 3.47. The van der Waals surface area contributed by atoms with Crippen LogP contribution >= 0.6 is 0 Å². The van der Waals surface area contributed by atoms with Crippen molar-refractivity contribution < 1.29 is 23.1 Å². The Morgan fingerprint density at radius 1 is 1.48 bits per heavy atom. The highest BCUT2D eigenvalue weighted by atomic mass is 19.4. The van der Waals surface area contributed by atoms with Crippen LogP contribution in [-0.4, -0.2) is 35.2 Å². The van der Waals surface area contributed by atoms with Crippen molar-refractivity contribution in [2.75, 3.05) is 18.5 Å². The van der Waals surface area contributed by atoms with Crippen molar-refractivity contribution in [2.45, 2.75) is 32.0 Å². The van der Waals surface area contributed by atoms with Gasteiger partial charge in [-0.2, -0.15) is 13.2 Å². The van der Waals surface area contributed by atoms with E-state index < -0.39 is 17.8 Å². The molecule has 1 aliphatic rings. The number of carbonyl (C=O) groups excluding carboxylic acids is 1. The van der Waals surface area contributed by atoms with Gasteiger partial charge in [-0.1, -0.05) is 6.07 Å². The number of nitrogens with zero attached hydrogens (tertiary/aromatic N) is 1. The number of aryl methyl sites for hydroxylation is 1. The third-order valence-electron chi connectivity index (χ3n) is 3.66. The maximum absolute atomic E-state index is 12.7. The van der Waals surface area contributed by atoms with Crippen LogP contribution in [0.25, 0.3) is 0 Å². The molecule has 2 N–H and O–H groups in total. The SMILES string of the molecule is Cc1ccc(C(F)(F)F)cc1NC(=O)N1CCC[C@@H]1CO. The van der Waals surface area contributed by atoms with Crippen LogP contribution in [0.5, 0.6) is 0 Å². The second-order valence-electron chi connectivity index (χ2n) is 5.13. The molecular weight excluding hydrogens is 285 g/mol. The van der Waals surface area contributed by atoms with Gasteiger partial charge in [0.1, 0.15) is 0 Å². The van der Waals surface area contributed by atoms with E-state index >= 15 is 0 Å². The van der Waals surface area contributed by atoms with Crippen molar-refractivity contribution in [2.24, 2.45) is 0 Å². The molecule has 0 aromatic heterocycles. The first-order valence-electron chi connectivity index (χ1n) is 6.69. The van der Waals surface area contributed by atoms with Gasteiger partial charge in [-0.05, 0) is 37.5 Å². The lowest BCUT2D eigenvalue weighted by molar-refractivity contribution is -0.137. The first-order chi connectivity index (χ1) is 9.82. The van der Waals surface area contributed by atoms with Gasteiger partial charge in [-0.25, -0.2) is 4.79 Å². The average molecular weight is 302 g/mol. The number of benzene rings is 1. The van der Waals surface area contributed by atoms with E-state index in [1.807, 2.05) is 0 Å². The number of alkyl halides is 3. The normalized spacial score (nSPS) is 18.9. The third-order valence-corrected chi connectivity index (χ3v) is 3.66. The standard InChI is InChI=1S/C14H17F3N2O2/c1-9-4-5-10(14(15,16)17)7-12(9)18-13(21)19-6-2-3-11(19)8-20/h4-5,7,11,20H,2-3,6,8H2,1H3,(H,18,21)/t11-/m1/s1. The Morgan fingerprint density at radius 2 is 2.19 bits per heavy atom. The van der Waals surface area contributed by atoms with Gasteiger partial charge in [0.25, 0.3) is 0 Å². The lowest BCUT2D eigenvalue weighted by atomic mass is 10.1. The van der Waals surface area contributed by atoms with E-state index in [-0.39, 0.29) is 18.3 Å². The van der Waals surface area contributed by atoms with Crippen LogP contribution < -0.4 is 5.32 Å². The van der Waals surface area contributed by atoms with Crippen molar-refractivity contribution in [3.63, 3.8) is 0 Å². The van der Waals surface area contributed by atoms with Crippen LogP contribution in [0.1, 0.15) is 24.0 Å². The molecule has 1 aromatic carbocycles. The summed E-state index contributed by atoms with van der Waals surface area (Å²) in [5.41, 5.74) is -0.113. The van der Waals surface area contributed by atoms with Gasteiger partial charge in [0, 0.05) is 12.2 Å². The number of rotatable bonds is 2. The predicted molar refractivity (Wildman–Crippen MR) is 72.0 cm³/mol. The fourth-order valence-electron chi connectivity index (χ4n) is 2.41. The van der Waals surface area contributed by atoms with Crippen molar-refractivity contribution >= 4 is 11.7 Å². The Bertz CT molecular complexity index is 531. The monoisotopic (exact) mass is 302 g/mol. The summed E-state index contributed by atoms with van der Waals surface area (Å²) in [7, 11) is 0. The number of anilines is 1. The largest absolute Gasteiger partial charge is 0.416 e. The molecule has 1 fully saturated rings. The van der Waals surface area contributed by atoms with Gasteiger partial charge < -0.3 is 15.3 Å². The molecule has 116 valence electrons. The molecule has 21 heavy (non-hydrogen) atoms. The summed E-state index contributed by atoms with van der Waals surface area (Å²) in [6.45, 7) is 1.98. The Balaban J connectivity index is 2.17. The van der Waals surface area contributed by atoms with Gasteiger partial charge in [-0.15, -0.1) is 0 Å². The molecule has 1 aromatic rings. The topological polar surface area (TPSA) is 52.6 Å². The number of hydrogen-bond donors (Lipinski definition) is 2. The van der Waals surface area contributed by atoms with E-state index in [1.165, 1.54) is 11.0 Å². The number of hydrogen-bond acceptors (Lipinski definition) is 2. The molecule has 1 atom stereocenters. The van der Waals surface area contributed by atoms with E-state index in [0.29, 0.717) is 18.5 Å². The van der Waals surface area contributed by atoms with E-state index in [4.69, 9.17) is 0 Å². The summed E-state index contributed by atoms with van der Waals surface area (Å²) >= 11 is 0. The highest BCUT2D eigenvalue weighted by Gasteiger charge is 2.32. The van der Waals surface area contributed by atoms with Crippen LogP contribution in [0, 0.1) is 6.92 Å². The summed E-state index contributed by atoms with van der Waals surface area (Å²) in [4.78, 5) is 13.6. The number of halogens is 3. The number of amides is 2. The molecule has 1 aliphatic heterocycles. The molecule has 0 aliphatic carbocycles. The van der Waals surface area contributed by atoms with Gasteiger partial charge in [0.15, 0.2) is 0 Å². The Morgan fingerprint density at radius 3 is 2.81 bits per heavy atom. The smallest absolute Gasteiger partial charge is 0.394 e. The summed E-state index contributed by atoms with van der Waals surface area (Å²) in [5, 5.41) is 11.7. The predicted octanol–water partition coefficient (Wildman–Crippen LogP) is 3.00. The molecule has 7 heteroatoms. The van der Waals surface area contributed by atoms with Crippen molar-refractivity contribution in [3.05, 3.63) is 29.3 Å². The van der Waals surface area contributed by atoms with Crippen LogP contribution in [-0.2, 0) is 6.18 Å². The maximum Gasteiger partial charge on any atom is 0.416 e. The number of aliphatic hydroxyl groups is 1. The van der Waals surface area contributed by atoms with Crippen LogP contribution in [0.2, 0.25) is 0 Å². The molecule has 2 rings (SSSR count). The molecule has 1 heterocycles. The molecule has 0 spiro atoms. The first kappa shape index (κ1) is 15.6. The van der Waals surface area contributed by atoms with Gasteiger partial charge >= 0.3 is 12.2 Å². The molecule has 0 saturated carbocycles. The quantitative estimate of drug-likeness (QED) is 0.882. The molecule has 1 saturated heterocycles. The second kappa shape index (κ2) is 5.93. The molecular formula is C14H17F3N2O2. The number of urea groups is 1. The van der Waals surface area contributed by atoms with E-state index in [1.54, 1.807) is 6.92 Å². The summed E-state index contributed by atoms with van der Waals surface area (Å²) in [6, 6.07) is 2.49. The lowest BCUT2D eigenvalue weighted by Gasteiger charge is -2.24. The van der Waals surface area contributed by atoms with E-state index in [0.717, 1.165) is 18.6 Å². The van der Waals surface area contributed by atoms with Crippen LogP contribution in [0.4, 0.5) is 23.7 Å². The second-order valence-corrected chi connectivity index (χ2v) is 5.13. The molecule has 0 radical (unpaired) electrons. The van der Waals surface area contributed by atoms with E-state index in [2.05, 4.69) is 5.32 Å². The summed E-state index contributed by atoms with van der Waals surface area (Å²) in [5.74, 6) is 0. The van der Waals surface area contributed by atoms with Gasteiger partial charge in [0.05, 0.1) is 18.2 Å². The molecule has 0 bridgehead atoms. The minimum absolute atomic E-state index is 0.137. The zero-order chi connectivity index (χ0) is 15.6. The van der Waals surface area contributed by atoms with Crippen LogP contribution in [0.15, 0.2) is 18.2 Å². The first-order valence-corrected chi connectivity index (χ1v) is 6.69. The highest BCUT2D eigenvalue weighted by molar-refractivity contribution is 5.90. The Kier molecular flexibility index (Phi) is 4.41. The van der Waals surface area contributed by atoms with Crippen molar-refractivity contribution in [3.8, 4) is 0 Å². The fourth-order valence-corrected chi connectivity index (χ4v) is 2.41. The van der Waals surface area contributed by atoms with E-state index in [9.17, 15) is 23.1 Å². The summed E-state index contributed by atoms with van der Waals surface area (Å²) in [6.07, 6.45) is -2.97. The minimum atomic E-state index is -4.45. The number of likely N-dealkylation sites (tertiary alicyclic amines) is 1. The minimum Gasteiger partial charge on any atom is -0.394 e. The number of carbonyl (C=O) groups is 1. The number of aliphatic hydroxyl groups excluding tert-OH is 1. The lowest BCUT2D eigenvalue weighted by Crippen LogP contribution is -2.40. The van der Waals surface area contributed by atoms with Gasteiger partial charge in [0.2, 0.25) is 0 Å². The van der Waals surface area contributed by atoms with Crippen molar-refractivity contribution in [1.82, 2.24) is 4.90 Å². The average Bonchev–Trinajstić information content (AvgIpc) is 2.88. The maximum atomic E-state index is 12.7. The van der Waals surface area contributed by atoms with Crippen LogP contribution in [0.3, 0.4) is 0 Å². The molecule has 4 nitrogen and oxygen atoms in total. The molecule has 2 amide bonds. The molecule has 0 unspecified atom stereocenters. The summed E-state index contributed by atoms with van der Waals surface area (Å²) < 4.78 is 38.1. The van der Waals surface area contributed by atoms with Gasteiger partial charge in [-0.3, -0.25) is 0 Å². The zero-order valence-corrected chi connectivity index (χ0v) is 11.6. The Labute approximate surface area is 120 Å². The number of nitrogens with one attached hydrogen (secondary N) is 1. The fraction of sp³-hybridized carbons (Fsp3) is 0.500. The zero-order valence-electron chi connectivity index (χ0n) is 11.6. The Hall–Kier alpha value is -1.76. The van der Waals surface area contributed by atoms with Crippen molar-refractivity contribution in [1.29, 1.82) is 0 Å². The highest BCUT2D eigenvalue weighted by Crippen LogP contribution is 2.32.